The van der Waals surface area contributed by atoms with Crippen molar-refractivity contribution in [2.75, 3.05) is 13.1 Å². The van der Waals surface area contributed by atoms with Gasteiger partial charge in [0.15, 0.2) is 0 Å². The molecule has 1 aliphatic rings. The summed E-state index contributed by atoms with van der Waals surface area (Å²) in [7, 11) is 0. The maximum Gasteiger partial charge on any atom is 0.106 e. The first-order valence-corrected chi connectivity index (χ1v) is 5.96. The number of aliphatic hydroxyl groups excluding tert-OH is 1. The molecule has 2 rings (SSSR count). The van der Waals surface area contributed by atoms with E-state index in [1.165, 1.54) is 0 Å². The maximum atomic E-state index is 9.63. The molecule has 1 aromatic rings. The largest absolute Gasteiger partial charge is 0.391 e. The van der Waals surface area contributed by atoms with Gasteiger partial charge in [-0.2, -0.15) is 0 Å². The molecular formula is C11H15BrN2O. The third-order valence-electron chi connectivity index (χ3n) is 2.81. The molecule has 0 spiro atoms. The van der Waals surface area contributed by atoms with Gasteiger partial charge in [-0.25, -0.2) is 4.98 Å². The van der Waals surface area contributed by atoms with Crippen LogP contribution >= 0.6 is 15.9 Å². The second-order valence-corrected chi connectivity index (χ2v) is 5.00. The monoisotopic (exact) mass is 270 g/mol. The first-order valence-electron chi connectivity index (χ1n) is 5.17. The van der Waals surface area contributed by atoms with Crippen LogP contribution in [-0.4, -0.2) is 34.2 Å². The van der Waals surface area contributed by atoms with Crippen molar-refractivity contribution in [1.29, 1.82) is 0 Å². The molecule has 1 fully saturated rings. The highest BCUT2D eigenvalue weighted by Gasteiger charge is 2.27. The van der Waals surface area contributed by atoms with Gasteiger partial charge in [0.25, 0.3) is 0 Å². The van der Waals surface area contributed by atoms with Crippen molar-refractivity contribution in [1.82, 2.24) is 9.88 Å². The average Bonchev–Trinajstić information content (AvgIpc) is 2.45. The summed E-state index contributed by atoms with van der Waals surface area (Å²) in [5, 5.41) is 9.63. The minimum absolute atomic E-state index is 0.183. The summed E-state index contributed by atoms with van der Waals surface area (Å²) in [6.07, 6.45) is -0.183. The summed E-state index contributed by atoms with van der Waals surface area (Å²) in [6.45, 7) is 4.62. The molecule has 15 heavy (non-hydrogen) atoms. The van der Waals surface area contributed by atoms with E-state index in [2.05, 4.69) is 32.7 Å². The lowest BCUT2D eigenvalue weighted by molar-refractivity contribution is 0.147. The number of hydrogen-bond acceptors (Lipinski definition) is 3. The van der Waals surface area contributed by atoms with Crippen molar-refractivity contribution in [3.8, 4) is 0 Å². The Bertz CT molecular complexity index is 335. The van der Waals surface area contributed by atoms with Crippen molar-refractivity contribution in [2.45, 2.75) is 19.6 Å². The molecule has 2 atom stereocenters. The van der Waals surface area contributed by atoms with Crippen LogP contribution in [0.3, 0.4) is 0 Å². The second-order valence-electron chi connectivity index (χ2n) is 4.19. The number of likely N-dealkylation sites (tertiary alicyclic amines) is 1. The van der Waals surface area contributed by atoms with Crippen molar-refractivity contribution in [2.24, 2.45) is 5.92 Å². The van der Waals surface area contributed by atoms with Gasteiger partial charge in [-0.15, -0.1) is 0 Å². The van der Waals surface area contributed by atoms with E-state index >= 15 is 0 Å². The van der Waals surface area contributed by atoms with Crippen molar-refractivity contribution in [3.63, 3.8) is 0 Å². The summed E-state index contributed by atoms with van der Waals surface area (Å²) < 4.78 is 0.868. The number of hydrogen-bond donors (Lipinski definition) is 1. The zero-order chi connectivity index (χ0) is 10.8. The van der Waals surface area contributed by atoms with Crippen LogP contribution in [0.25, 0.3) is 0 Å². The van der Waals surface area contributed by atoms with E-state index < -0.39 is 0 Å². The fourth-order valence-corrected chi connectivity index (χ4v) is 2.32. The Morgan fingerprint density at radius 2 is 2.33 bits per heavy atom. The standard InChI is InChI=1S/C11H15BrN2O/c1-8-5-14(7-10(8)15)6-9-3-2-4-11(12)13-9/h2-4,8,10,15H,5-7H2,1H3. The lowest BCUT2D eigenvalue weighted by Gasteiger charge is -2.14. The van der Waals surface area contributed by atoms with Crippen molar-refractivity contribution < 1.29 is 5.11 Å². The molecule has 0 aromatic carbocycles. The fourth-order valence-electron chi connectivity index (χ4n) is 1.94. The lowest BCUT2D eigenvalue weighted by Crippen LogP contribution is -2.21. The Balaban J connectivity index is 1.98. The van der Waals surface area contributed by atoms with Gasteiger partial charge in [0.1, 0.15) is 4.60 Å². The Kier molecular flexibility index (Phi) is 3.38. The predicted molar refractivity (Wildman–Crippen MR) is 62.4 cm³/mol. The summed E-state index contributed by atoms with van der Waals surface area (Å²) in [6, 6.07) is 5.92. The van der Waals surface area contributed by atoms with Gasteiger partial charge in [-0.05, 0) is 34.0 Å². The molecule has 1 aromatic heterocycles. The van der Waals surface area contributed by atoms with E-state index in [1.807, 2.05) is 18.2 Å². The zero-order valence-electron chi connectivity index (χ0n) is 8.73. The molecule has 2 unspecified atom stereocenters. The Morgan fingerprint density at radius 1 is 1.53 bits per heavy atom. The van der Waals surface area contributed by atoms with E-state index in [-0.39, 0.29) is 6.10 Å². The average molecular weight is 271 g/mol. The molecule has 0 amide bonds. The molecule has 0 aliphatic carbocycles. The first kappa shape index (κ1) is 11.0. The number of halogens is 1. The SMILES string of the molecule is CC1CN(Cc2cccc(Br)n2)CC1O. The number of rotatable bonds is 2. The lowest BCUT2D eigenvalue weighted by atomic mass is 10.1. The van der Waals surface area contributed by atoms with Gasteiger partial charge in [0.2, 0.25) is 0 Å². The summed E-state index contributed by atoms with van der Waals surface area (Å²) in [5.74, 6) is 0.372. The summed E-state index contributed by atoms with van der Waals surface area (Å²) in [5.41, 5.74) is 1.05. The third-order valence-corrected chi connectivity index (χ3v) is 3.25. The van der Waals surface area contributed by atoms with E-state index in [0.717, 1.165) is 29.9 Å². The van der Waals surface area contributed by atoms with Crippen LogP contribution in [0.2, 0.25) is 0 Å². The van der Waals surface area contributed by atoms with E-state index in [1.54, 1.807) is 0 Å². The minimum Gasteiger partial charge on any atom is -0.391 e. The van der Waals surface area contributed by atoms with Gasteiger partial charge in [0, 0.05) is 19.6 Å². The topological polar surface area (TPSA) is 36.4 Å². The molecule has 1 aliphatic heterocycles. The number of aromatic nitrogens is 1. The van der Waals surface area contributed by atoms with E-state index in [0.29, 0.717) is 5.92 Å². The number of nitrogens with zero attached hydrogens (tertiary/aromatic N) is 2. The van der Waals surface area contributed by atoms with Crippen LogP contribution in [0.4, 0.5) is 0 Å². The smallest absolute Gasteiger partial charge is 0.106 e. The Labute approximate surface area is 98.3 Å². The third kappa shape index (κ3) is 2.77. The molecule has 4 heteroatoms. The van der Waals surface area contributed by atoms with Crippen LogP contribution in [0.5, 0.6) is 0 Å². The van der Waals surface area contributed by atoms with Crippen molar-refractivity contribution >= 4 is 15.9 Å². The van der Waals surface area contributed by atoms with Gasteiger partial charge in [0.05, 0.1) is 11.8 Å². The molecule has 1 N–H and O–H groups in total. The van der Waals surface area contributed by atoms with Crippen LogP contribution in [0, 0.1) is 5.92 Å². The highest BCUT2D eigenvalue weighted by molar-refractivity contribution is 9.10. The van der Waals surface area contributed by atoms with Crippen molar-refractivity contribution in [3.05, 3.63) is 28.5 Å². The number of β-amino-alcohol motifs (C(OH)–C–C–N with tert-alkyl or cyclic N) is 1. The molecule has 0 bridgehead atoms. The molecule has 2 heterocycles. The molecule has 3 nitrogen and oxygen atoms in total. The van der Waals surface area contributed by atoms with Crippen LogP contribution < -0.4 is 0 Å². The minimum atomic E-state index is -0.183. The quantitative estimate of drug-likeness (QED) is 0.831. The second kappa shape index (κ2) is 4.60. The molecular weight excluding hydrogens is 256 g/mol. The van der Waals surface area contributed by atoms with Gasteiger partial charge < -0.3 is 5.11 Å². The molecule has 0 radical (unpaired) electrons. The molecule has 0 saturated carbocycles. The van der Waals surface area contributed by atoms with Crippen LogP contribution in [0.1, 0.15) is 12.6 Å². The Morgan fingerprint density at radius 3 is 2.93 bits per heavy atom. The maximum absolute atomic E-state index is 9.63. The first-order chi connectivity index (χ1) is 7.15. The highest BCUT2D eigenvalue weighted by Crippen LogP contribution is 2.18. The van der Waals surface area contributed by atoms with Gasteiger partial charge in [-0.1, -0.05) is 13.0 Å². The van der Waals surface area contributed by atoms with Gasteiger partial charge in [-0.3, -0.25) is 4.90 Å². The molecule has 82 valence electrons. The molecule has 1 saturated heterocycles. The van der Waals surface area contributed by atoms with Crippen LogP contribution in [0.15, 0.2) is 22.8 Å². The number of aliphatic hydroxyl groups is 1. The van der Waals surface area contributed by atoms with E-state index in [4.69, 9.17) is 0 Å². The predicted octanol–water partition coefficient (Wildman–Crippen LogP) is 1.66. The van der Waals surface area contributed by atoms with Gasteiger partial charge >= 0.3 is 0 Å². The fraction of sp³-hybridized carbons (Fsp3) is 0.545. The normalized spacial score (nSPS) is 27.1. The summed E-state index contributed by atoms with van der Waals surface area (Å²) in [4.78, 5) is 6.62. The van der Waals surface area contributed by atoms with E-state index in [9.17, 15) is 5.11 Å². The summed E-state index contributed by atoms with van der Waals surface area (Å²) >= 11 is 3.36. The Hall–Kier alpha value is -0.450. The highest BCUT2D eigenvalue weighted by atomic mass is 79.9. The zero-order valence-corrected chi connectivity index (χ0v) is 10.3. The number of pyridine rings is 1. The van der Waals surface area contributed by atoms with Crippen LogP contribution in [-0.2, 0) is 6.54 Å².